The Bertz CT molecular complexity index is 281. The van der Waals surface area contributed by atoms with E-state index in [2.05, 4.69) is 0 Å². The van der Waals surface area contributed by atoms with Crippen molar-refractivity contribution in [2.45, 2.75) is 18.3 Å². The molecule has 2 atom stereocenters. The number of aliphatic hydroxyl groups is 2. The highest BCUT2D eigenvalue weighted by molar-refractivity contribution is 7.90. The van der Waals surface area contributed by atoms with Crippen molar-refractivity contribution in [3.8, 4) is 6.07 Å². The lowest BCUT2D eigenvalue weighted by atomic mass is 10.4. The molecule has 0 heterocycles. The Morgan fingerprint density at radius 3 is 2.54 bits per heavy atom. The summed E-state index contributed by atoms with van der Waals surface area (Å²) in [6, 6.07) is 1.55. The fourth-order valence-corrected chi connectivity index (χ4v) is 1.28. The summed E-state index contributed by atoms with van der Waals surface area (Å²) in [6.45, 7) is 0.419. The molecule has 0 radical (unpaired) electrons. The molecule has 0 spiro atoms. The van der Waals surface area contributed by atoms with E-state index < -0.39 is 28.0 Å². The van der Waals surface area contributed by atoms with Crippen LogP contribution in [0.4, 0.5) is 0 Å². The Kier molecular flexibility index (Phi) is 4.87. The summed E-state index contributed by atoms with van der Waals surface area (Å²) in [4.78, 5) is 0. The Labute approximate surface area is 76.9 Å². The SMILES string of the molecule is CC(C#N)S(=O)(=O)NCC(O)CO. The molecule has 7 heteroatoms. The van der Waals surface area contributed by atoms with Gasteiger partial charge in [-0.15, -0.1) is 0 Å². The first-order valence-corrected chi connectivity index (χ1v) is 5.15. The molecule has 0 bridgehead atoms. The lowest BCUT2D eigenvalue weighted by Crippen LogP contribution is -2.38. The number of nitriles is 1. The van der Waals surface area contributed by atoms with Gasteiger partial charge in [0.05, 0.1) is 18.8 Å². The standard InChI is InChI=1S/C6H12N2O4S/c1-5(2-7)13(11,12)8-3-6(10)4-9/h5-6,8-10H,3-4H2,1H3. The molecular weight excluding hydrogens is 196 g/mol. The highest BCUT2D eigenvalue weighted by Gasteiger charge is 2.20. The first-order valence-electron chi connectivity index (χ1n) is 3.61. The van der Waals surface area contributed by atoms with Gasteiger partial charge in [-0.25, -0.2) is 13.1 Å². The fraction of sp³-hybridized carbons (Fsp3) is 0.833. The van der Waals surface area contributed by atoms with Crippen LogP contribution < -0.4 is 4.72 Å². The summed E-state index contributed by atoms with van der Waals surface area (Å²) in [5.74, 6) is 0. The molecular formula is C6H12N2O4S. The maximum Gasteiger partial charge on any atom is 0.227 e. The van der Waals surface area contributed by atoms with Crippen LogP contribution in [0.15, 0.2) is 0 Å². The van der Waals surface area contributed by atoms with Gasteiger partial charge in [0, 0.05) is 6.54 Å². The van der Waals surface area contributed by atoms with Crippen LogP contribution in [-0.4, -0.2) is 43.1 Å². The van der Waals surface area contributed by atoms with Gasteiger partial charge in [-0.3, -0.25) is 0 Å². The maximum absolute atomic E-state index is 11.1. The third-order valence-corrected chi connectivity index (χ3v) is 2.98. The van der Waals surface area contributed by atoms with E-state index in [4.69, 9.17) is 15.5 Å². The zero-order valence-corrected chi connectivity index (χ0v) is 7.95. The maximum atomic E-state index is 11.1. The zero-order valence-electron chi connectivity index (χ0n) is 7.14. The zero-order chi connectivity index (χ0) is 10.5. The largest absolute Gasteiger partial charge is 0.394 e. The normalized spacial score (nSPS) is 16.2. The van der Waals surface area contributed by atoms with Crippen molar-refractivity contribution < 1.29 is 18.6 Å². The van der Waals surface area contributed by atoms with E-state index in [1.54, 1.807) is 6.07 Å². The molecule has 3 N–H and O–H groups in total. The Balaban J connectivity index is 4.14. The Hall–Kier alpha value is -0.680. The molecule has 6 nitrogen and oxygen atoms in total. The number of hydrogen-bond acceptors (Lipinski definition) is 5. The van der Waals surface area contributed by atoms with Crippen LogP contribution in [-0.2, 0) is 10.0 Å². The van der Waals surface area contributed by atoms with E-state index in [0.717, 1.165) is 0 Å². The van der Waals surface area contributed by atoms with Crippen molar-refractivity contribution in [2.24, 2.45) is 0 Å². The van der Waals surface area contributed by atoms with Gasteiger partial charge in [0.15, 0.2) is 5.25 Å². The quantitative estimate of drug-likeness (QED) is 0.492. The van der Waals surface area contributed by atoms with Gasteiger partial charge in [-0.1, -0.05) is 0 Å². The highest BCUT2D eigenvalue weighted by Crippen LogP contribution is 1.95. The van der Waals surface area contributed by atoms with Crippen molar-refractivity contribution in [3.05, 3.63) is 0 Å². The predicted octanol–water partition coefficient (Wildman–Crippen LogP) is -1.83. The van der Waals surface area contributed by atoms with E-state index in [1.165, 1.54) is 6.92 Å². The number of nitrogens with zero attached hydrogens (tertiary/aromatic N) is 1. The molecule has 0 aliphatic carbocycles. The third kappa shape index (κ3) is 4.19. The summed E-state index contributed by atoms with van der Waals surface area (Å²) in [5.41, 5.74) is 0. The van der Waals surface area contributed by atoms with E-state index in [0.29, 0.717) is 0 Å². The van der Waals surface area contributed by atoms with Crippen LogP contribution in [0.1, 0.15) is 6.92 Å². The number of rotatable bonds is 5. The van der Waals surface area contributed by atoms with Crippen LogP contribution in [0.25, 0.3) is 0 Å². The van der Waals surface area contributed by atoms with E-state index >= 15 is 0 Å². The summed E-state index contributed by atoms with van der Waals surface area (Å²) >= 11 is 0. The Morgan fingerprint density at radius 1 is 1.62 bits per heavy atom. The van der Waals surface area contributed by atoms with Crippen molar-refractivity contribution >= 4 is 10.0 Å². The second kappa shape index (κ2) is 5.14. The Morgan fingerprint density at radius 2 is 2.15 bits per heavy atom. The van der Waals surface area contributed by atoms with Crippen LogP contribution in [0.2, 0.25) is 0 Å². The number of sulfonamides is 1. The van der Waals surface area contributed by atoms with Gasteiger partial charge in [0.2, 0.25) is 10.0 Å². The molecule has 0 aromatic rings. The average Bonchev–Trinajstić information content (AvgIpc) is 2.12. The molecule has 0 saturated carbocycles. The first-order chi connectivity index (χ1) is 5.94. The number of hydrogen-bond donors (Lipinski definition) is 3. The molecule has 0 saturated heterocycles. The lowest BCUT2D eigenvalue weighted by Gasteiger charge is -2.10. The second-order valence-electron chi connectivity index (χ2n) is 2.50. The molecule has 0 aromatic carbocycles. The van der Waals surface area contributed by atoms with Gasteiger partial charge in [-0.05, 0) is 6.92 Å². The molecule has 2 unspecified atom stereocenters. The minimum atomic E-state index is -3.70. The summed E-state index contributed by atoms with van der Waals surface area (Å²) < 4.78 is 24.1. The minimum Gasteiger partial charge on any atom is -0.394 e. The molecule has 0 rings (SSSR count). The van der Waals surface area contributed by atoms with Crippen LogP contribution >= 0.6 is 0 Å². The first kappa shape index (κ1) is 12.3. The lowest BCUT2D eigenvalue weighted by molar-refractivity contribution is 0.0988. The van der Waals surface area contributed by atoms with E-state index in [-0.39, 0.29) is 6.54 Å². The predicted molar refractivity (Wildman–Crippen MR) is 45.1 cm³/mol. The molecule has 76 valence electrons. The van der Waals surface area contributed by atoms with E-state index in [9.17, 15) is 8.42 Å². The molecule has 0 fully saturated rings. The highest BCUT2D eigenvalue weighted by atomic mass is 32.2. The monoisotopic (exact) mass is 208 g/mol. The minimum absolute atomic E-state index is 0.287. The fourth-order valence-electron chi connectivity index (χ4n) is 0.471. The molecule has 0 aromatic heterocycles. The molecule has 0 amide bonds. The van der Waals surface area contributed by atoms with Crippen LogP contribution in [0, 0.1) is 11.3 Å². The van der Waals surface area contributed by atoms with Crippen molar-refractivity contribution in [1.82, 2.24) is 4.72 Å². The summed E-state index contributed by atoms with van der Waals surface area (Å²) in [6.07, 6.45) is -1.14. The van der Waals surface area contributed by atoms with Gasteiger partial charge in [0.25, 0.3) is 0 Å². The second-order valence-corrected chi connectivity index (χ2v) is 4.59. The van der Waals surface area contributed by atoms with E-state index in [1.807, 2.05) is 4.72 Å². The number of nitrogens with one attached hydrogen (secondary N) is 1. The van der Waals surface area contributed by atoms with Gasteiger partial charge < -0.3 is 10.2 Å². The average molecular weight is 208 g/mol. The van der Waals surface area contributed by atoms with Gasteiger partial charge in [-0.2, -0.15) is 5.26 Å². The van der Waals surface area contributed by atoms with Crippen molar-refractivity contribution in [1.29, 1.82) is 5.26 Å². The summed E-state index contributed by atoms with van der Waals surface area (Å²) in [5, 5.41) is 24.3. The van der Waals surface area contributed by atoms with Crippen LogP contribution in [0.3, 0.4) is 0 Å². The van der Waals surface area contributed by atoms with Gasteiger partial charge >= 0.3 is 0 Å². The molecule has 13 heavy (non-hydrogen) atoms. The van der Waals surface area contributed by atoms with Gasteiger partial charge in [0.1, 0.15) is 0 Å². The topological polar surface area (TPSA) is 110 Å². The van der Waals surface area contributed by atoms with Crippen molar-refractivity contribution in [3.63, 3.8) is 0 Å². The molecule has 0 aliphatic rings. The van der Waals surface area contributed by atoms with Crippen LogP contribution in [0.5, 0.6) is 0 Å². The third-order valence-electron chi connectivity index (χ3n) is 1.38. The molecule has 0 aliphatic heterocycles. The van der Waals surface area contributed by atoms with Crippen molar-refractivity contribution in [2.75, 3.05) is 13.2 Å². The number of aliphatic hydroxyl groups excluding tert-OH is 2. The summed E-state index contributed by atoms with van der Waals surface area (Å²) in [7, 11) is -3.70. The smallest absolute Gasteiger partial charge is 0.227 e.